The normalized spacial score (nSPS) is 20.0. The molecule has 5 heteroatoms. The third-order valence-corrected chi connectivity index (χ3v) is 5.11. The van der Waals surface area contributed by atoms with Crippen LogP contribution in [0, 0.1) is 17.3 Å². The molecule has 1 N–H and O–H groups in total. The molecule has 3 nitrogen and oxygen atoms in total. The molecule has 0 aromatic carbocycles. The Balaban J connectivity index is 1.94. The number of anilines is 1. The van der Waals surface area contributed by atoms with Crippen LogP contribution in [-0.4, -0.2) is 29.3 Å². The van der Waals surface area contributed by atoms with Gasteiger partial charge in [-0.2, -0.15) is 11.3 Å². The Morgan fingerprint density at radius 2 is 2.26 bits per heavy atom. The minimum Gasteiger partial charge on any atom is -0.392 e. The standard InChI is InChI=1S/C18H19ClN2OS/c1-18(2)12-21(7-5-16(18)22)15-9-17(19)20-10-14(15)4-3-13-6-8-23-11-13/h6,8-11,16,22H,5,7,12H2,1-2H3. The molecule has 0 amide bonds. The topological polar surface area (TPSA) is 36.4 Å². The summed E-state index contributed by atoms with van der Waals surface area (Å²) in [5.41, 5.74) is 2.71. The van der Waals surface area contributed by atoms with Crippen LogP contribution in [0.15, 0.2) is 29.1 Å². The molecule has 0 aliphatic carbocycles. The number of rotatable bonds is 1. The van der Waals surface area contributed by atoms with E-state index in [4.69, 9.17) is 11.6 Å². The molecule has 120 valence electrons. The van der Waals surface area contributed by atoms with Gasteiger partial charge < -0.3 is 10.0 Å². The number of aliphatic hydroxyl groups excluding tert-OH is 1. The van der Waals surface area contributed by atoms with Crippen LogP contribution in [0.5, 0.6) is 0 Å². The second-order valence-electron chi connectivity index (χ2n) is 6.50. The lowest BCUT2D eigenvalue weighted by Gasteiger charge is -2.43. The zero-order chi connectivity index (χ0) is 16.4. The first-order valence-corrected chi connectivity index (χ1v) is 8.90. The Kier molecular flexibility index (Phi) is 4.63. The maximum Gasteiger partial charge on any atom is 0.131 e. The molecule has 2 aromatic heterocycles. The highest BCUT2D eigenvalue weighted by Gasteiger charge is 2.35. The summed E-state index contributed by atoms with van der Waals surface area (Å²) in [7, 11) is 0. The molecule has 1 aliphatic rings. The molecular weight excluding hydrogens is 328 g/mol. The second-order valence-corrected chi connectivity index (χ2v) is 7.67. The average Bonchev–Trinajstić information content (AvgIpc) is 3.02. The van der Waals surface area contributed by atoms with E-state index >= 15 is 0 Å². The number of aliphatic hydroxyl groups is 1. The Bertz CT molecular complexity index is 746. The van der Waals surface area contributed by atoms with E-state index in [-0.39, 0.29) is 11.5 Å². The monoisotopic (exact) mass is 346 g/mol. The number of thiophene rings is 1. The van der Waals surface area contributed by atoms with Gasteiger partial charge in [0.25, 0.3) is 0 Å². The largest absolute Gasteiger partial charge is 0.392 e. The zero-order valence-electron chi connectivity index (χ0n) is 13.2. The fourth-order valence-electron chi connectivity index (χ4n) is 2.80. The quantitative estimate of drug-likeness (QED) is 0.630. The van der Waals surface area contributed by atoms with Gasteiger partial charge in [-0.1, -0.05) is 37.3 Å². The van der Waals surface area contributed by atoms with Gasteiger partial charge in [-0.15, -0.1) is 0 Å². The van der Waals surface area contributed by atoms with Crippen molar-refractivity contribution in [1.29, 1.82) is 0 Å². The third kappa shape index (κ3) is 3.69. The lowest BCUT2D eigenvalue weighted by Crippen LogP contribution is -2.48. The molecule has 2 aromatic rings. The summed E-state index contributed by atoms with van der Waals surface area (Å²) in [6, 6.07) is 3.87. The van der Waals surface area contributed by atoms with Gasteiger partial charge in [0.1, 0.15) is 5.15 Å². The first-order valence-electron chi connectivity index (χ1n) is 7.58. The SMILES string of the molecule is CC1(C)CN(c2cc(Cl)ncc2C#Cc2ccsc2)CCC1O. The summed E-state index contributed by atoms with van der Waals surface area (Å²) < 4.78 is 0. The molecule has 0 spiro atoms. The number of halogens is 1. The van der Waals surface area contributed by atoms with Crippen molar-refractivity contribution >= 4 is 28.6 Å². The molecular formula is C18H19ClN2OS. The van der Waals surface area contributed by atoms with Crippen LogP contribution >= 0.6 is 22.9 Å². The van der Waals surface area contributed by atoms with Gasteiger partial charge in [0.15, 0.2) is 0 Å². The highest BCUT2D eigenvalue weighted by Crippen LogP contribution is 2.34. The average molecular weight is 347 g/mol. The van der Waals surface area contributed by atoms with Gasteiger partial charge in [-0.25, -0.2) is 4.98 Å². The van der Waals surface area contributed by atoms with Gasteiger partial charge in [0.05, 0.1) is 17.4 Å². The van der Waals surface area contributed by atoms with Crippen molar-refractivity contribution in [3.8, 4) is 11.8 Å². The van der Waals surface area contributed by atoms with E-state index < -0.39 is 0 Å². The lowest BCUT2D eigenvalue weighted by molar-refractivity contribution is 0.0336. The predicted molar refractivity (Wildman–Crippen MR) is 96.2 cm³/mol. The Labute approximate surface area is 145 Å². The summed E-state index contributed by atoms with van der Waals surface area (Å²) in [5, 5.41) is 14.7. The fourth-order valence-corrected chi connectivity index (χ4v) is 3.54. The van der Waals surface area contributed by atoms with Crippen LogP contribution in [0.4, 0.5) is 5.69 Å². The van der Waals surface area contributed by atoms with Gasteiger partial charge >= 0.3 is 0 Å². The Morgan fingerprint density at radius 3 is 2.96 bits per heavy atom. The van der Waals surface area contributed by atoms with Crippen LogP contribution in [-0.2, 0) is 0 Å². The van der Waals surface area contributed by atoms with Crippen molar-refractivity contribution in [1.82, 2.24) is 4.98 Å². The van der Waals surface area contributed by atoms with Crippen molar-refractivity contribution in [2.45, 2.75) is 26.4 Å². The van der Waals surface area contributed by atoms with Crippen LogP contribution in [0.3, 0.4) is 0 Å². The summed E-state index contributed by atoms with van der Waals surface area (Å²) in [6.07, 6.45) is 2.19. The van der Waals surface area contributed by atoms with Crippen molar-refractivity contribution in [2.75, 3.05) is 18.0 Å². The maximum absolute atomic E-state index is 10.2. The van der Waals surface area contributed by atoms with E-state index in [0.29, 0.717) is 5.15 Å². The van der Waals surface area contributed by atoms with Crippen molar-refractivity contribution in [3.05, 3.63) is 45.4 Å². The number of aromatic nitrogens is 1. The molecule has 1 aliphatic heterocycles. The van der Waals surface area contributed by atoms with E-state index in [9.17, 15) is 5.11 Å². The van der Waals surface area contributed by atoms with E-state index in [1.807, 2.05) is 22.9 Å². The number of hydrogen-bond donors (Lipinski definition) is 1. The minimum atomic E-state index is -0.281. The van der Waals surface area contributed by atoms with Gasteiger partial charge in [-0.3, -0.25) is 0 Å². The first kappa shape index (κ1) is 16.3. The van der Waals surface area contributed by atoms with Crippen molar-refractivity contribution in [3.63, 3.8) is 0 Å². The number of hydrogen-bond acceptors (Lipinski definition) is 4. The third-order valence-electron chi connectivity index (χ3n) is 4.23. The molecule has 1 fully saturated rings. The summed E-state index contributed by atoms with van der Waals surface area (Å²) in [5.74, 6) is 6.38. The molecule has 1 atom stereocenters. The highest BCUT2D eigenvalue weighted by atomic mass is 35.5. The zero-order valence-corrected chi connectivity index (χ0v) is 14.8. The number of pyridine rings is 1. The van der Waals surface area contributed by atoms with Gasteiger partial charge in [0, 0.05) is 41.7 Å². The van der Waals surface area contributed by atoms with Crippen LogP contribution in [0.25, 0.3) is 0 Å². The van der Waals surface area contributed by atoms with Crippen molar-refractivity contribution < 1.29 is 5.11 Å². The Morgan fingerprint density at radius 1 is 1.43 bits per heavy atom. The Hall–Kier alpha value is -1.54. The van der Waals surface area contributed by atoms with Crippen molar-refractivity contribution in [2.24, 2.45) is 5.41 Å². The minimum absolute atomic E-state index is 0.161. The molecule has 0 radical (unpaired) electrons. The van der Waals surface area contributed by atoms with E-state index in [1.54, 1.807) is 17.5 Å². The molecule has 3 rings (SSSR count). The molecule has 1 unspecified atom stereocenters. The molecule has 1 saturated heterocycles. The van der Waals surface area contributed by atoms with E-state index in [2.05, 4.69) is 35.6 Å². The van der Waals surface area contributed by atoms with Crippen LogP contribution in [0.2, 0.25) is 5.15 Å². The predicted octanol–water partition coefficient (Wildman–Crippen LogP) is 3.79. The van der Waals surface area contributed by atoms with Crippen LogP contribution in [0.1, 0.15) is 31.4 Å². The number of nitrogens with zero attached hydrogens (tertiary/aromatic N) is 2. The molecule has 0 bridgehead atoms. The van der Waals surface area contributed by atoms with Gasteiger partial charge in [-0.05, 0) is 17.9 Å². The molecule has 0 saturated carbocycles. The van der Waals surface area contributed by atoms with E-state index in [0.717, 1.165) is 36.3 Å². The highest BCUT2D eigenvalue weighted by molar-refractivity contribution is 7.08. The lowest BCUT2D eigenvalue weighted by atomic mass is 9.81. The van der Waals surface area contributed by atoms with E-state index in [1.165, 1.54) is 0 Å². The first-order chi connectivity index (χ1) is 11.0. The summed E-state index contributed by atoms with van der Waals surface area (Å²) >= 11 is 7.73. The van der Waals surface area contributed by atoms with Gasteiger partial charge in [0.2, 0.25) is 0 Å². The molecule has 3 heterocycles. The second kappa shape index (κ2) is 6.52. The number of piperidine rings is 1. The smallest absolute Gasteiger partial charge is 0.131 e. The summed E-state index contributed by atoms with van der Waals surface area (Å²) in [6.45, 7) is 5.73. The fraction of sp³-hybridized carbons (Fsp3) is 0.389. The molecule has 23 heavy (non-hydrogen) atoms. The summed E-state index contributed by atoms with van der Waals surface area (Å²) in [4.78, 5) is 6.42. The van der Waals surface area contributed by atoms with Crippen LogP contribution < -0.4 is 4.90 Å². The maximum atomic E-state index is 10.2.